The zero-order valence-electron chi connectivity index (χ0n) is 10.1. The van der Waals surface area contributed by atoms with Gasteiger partial charge >= 0.3 is 0 Å². The van der Waals surface area contributed by atoms with E-state index in [4.69, 9.17) is 27.9 Å². The normalized spacial score (nSPS) is 16.6. The van der Waals surface area contributed by atoms with Crippen molar-refractivity contribution in [2.75, 3.05) is 20.2 Å². The second-order valence-corrected chi connectivity index (χ2v) is 5.20. The summed E-state index contributed by atoms with van der Waals surface area (Å²) in [5, 5.41) is 4.07. The number of hydrogen-bond acceptors (Lipinski definition) is 3. The Morgan fingerprint density at radius 2 is 2.00 bits per heavy atom. The maximum Gasteiger partial charge on any atom is 0.169 e. The van der Waals surface area contributed by atoms with E-state index in [0.717, 1.165) is 25.9 Å². The van der Waals surface area contributed by atoms with Crippen molar-refractivity contribution >= 4 is 29.0 Å². The standard InChI is InChI=1S/C13H15Cl2NO2/c1-18-13-10(6-9(14)7-11(13)15)12(17)8-2-4-16-5-3-8/h6-8,16H,2-5H2,1H3. The van der Waals surface area contributed by atoms with Crippen molar-refractivity contribution < 1.29 is 9.53 Å². The molecule has 1 aromatic rings. The highest BCUT2D eigenvalue weighted by Gasteiger charge is 2.26. The maximum atomic E-state index is 12.5. The van der Waals surface area contributed by atoms with Crippen molar-refractivity contribution in [3.63, 3.8) is 0 Å². The predicted molar refractivity (Wildman–Crippen MR) is 72.9 cm³/mol. The van der Waals surface area contributed by atoms with Crippen LogP contribution in [0.1, 0.15) is 23.2 Å². The van der Waals surface area contributed by atoms with Gasteiger partial charge in [-0.05, 0) is 38.1 Å². The average Bonchev–Trinajstić information content (AvgIpc) is 2.38. The highest BCUT2D eigenvalue weighted by molar-refractivity contribution is 6.36. The number of methoxy groups -OCH3 is 1. The lowest BCUT2D eigenvalue weighted by Gasteiger charge is -2.22. The van der Waals surface area contributed by atoms with Crippen LogP contribution in [0.15, 0.2) is 12.1 Å². The molecule has 18 heavy (non-hydrogen) atoms. The molecule has 1 aromatic carbocycles. The number of Topliss-reactive ketones (excluding diaryl/α,β-unsaturated/α-hetero) is 1. The fourth-order valence-electron chi connectivity index (χ4n) is 2.25. The number of nitrogens with one attached hydrogen (secondary N) is 1. The molecule has 3 nitrogen and oxygen atoms in total. The molecule has 2 rings (SSSR count). The zero-order chi connectivity index (χ0) is 13.1. The lowest BCUT2D eigenvalue weighted by atomic mass is 9.89. The molecule has 0 radical (unpaired) electrons. The quantitative estimate of drug-likeness (QED) is 0.868. The van der Waals surface area contributed by atoms with Crippen LogP contribution in [0.3, 0.4) is 0 Å². The van der Waals surface area contributed by atoms with Crippen molar-refractivity contribution in [2.24, 2.45) is 5.92 Å². The number of benzene rings is 1. The molecule has 1 saturated heterocycles. The Bertz CT molecular complexity index is 457. The Balaban J connectivity index is 2.33. The van der Waals surface area contributed by atoms with Crippen LogP contribution in [0.2, 0.25) is 10.0 Å². The van der Waals surface area contributed by atoms with Gasteiger partial charge in [0.25, 0.3) is 0 Å². The van der Waals surface area contributed by atoms with Crippen LogP contribution in [0.25, 0.3) is 0 Å². The summed E-state index contributed by atoms with van der Waals surface area (Å²) in [5.74, 6) is 0.511. The van der Waals surface area contributed by atoms with Crippen LogP contribution in [0.5, 0.6) is 5.75 Å². The lowest BCUT2D eigenvalue weighted by Crippen LogP contribution is -2.32. The molecule has 1 heterocycles. The van der Waals surface area contributed by atoms with Crippen LogP contribution >= 0.6 is 23.2 Å². The van der Waals surface area contributed by atoms with Gasteiger partial charge in [-0.2, -0.15) is 0 Å². The fraction of sp³-hybridized carbons (Fsp3) is 0.462. The molecule has 1 aliphatic heterocycles. The number of ether oxygens (including phenoxy) is 1. The minimum atomic E-state index is 0.0229. The number of carbonyl (C=O) groups is 1. The van der Waals surface area contributed by atoms with Crippen LogP contribution in [0.4, 0.5) is 0 Å². The summed E-state index contributed by atoms with van der Waals surface area (Å²) in [6, 6.07) is 3.22. The van der Waals surface area contributed by atoms with Gasteiger partial charge in [-0.15, -0.1) is 0 Å². The second-order valence-electron chi connectivity index (χ2n) is 4.36. The van der Waals surface area contributed by atoms with Gasteiger partial charge in [-0.25, -0.2) is 0 Å². The van der Waals surface area contributed by atoms with Crippen molar-refractivity contribution in [1.29, 1.82) is 0 Å². The largest absolute Gasteiger partial charge is 0.494 e. The first-order valence-electron chi connectivity index (χ1n) is 5.91. The SMILES string of the molecule is COc1c(Cl)cc(Cl)cc1C(=O)C1CCNCC1. The van der Waals surface area contributed by atoms with Gasteiger partial charge in [0.1, 0.15) is 5.75 Å². The molecule has 0 aliphatic carbocycles. The molecule has 5 heteroatoms. The summed E-state index contributed by atoms with van der Waals surface area (Å²) in [7, 11) is 1.51. The van der Waals surface area contributed by atoms with Gasteiger partial charge < -0.3 is 10.1 Å². The second kappa shape index (κ2) is 5.91. The molecule has 1 aliphatic rings. The van der Waals surface area contributed by atoms with E-state index in [9.17, 15) is 4.79 Å². The van der Waals surface area contributed by atoms with Crippen molar-refractivity contribution in [2.45, 2.75) is 12.8 Å². The summed E-state index contributed by atoms with van der Waals surface area (Å²) >= 11 is 12.0. The van der Waals surface area contributed by atoms with Crippen molar-refractivity contribution in [3.05, 3.63) is 27.7 Å². The molecule has 0 amide bonds. The van der Waals surface area contributed by atoms with Gasteiger partial charge in [-0.3, -0.25) is 4.79 Å². The van der Waals surface area contributed by atoms with E-state index < -0.39 is 0 Å². The van der Waals surface area contributed by atoms with Crippen molar-refractivity contribution in [1.82, 2.24) is 5.32 Å². The van der Waals surface area contributed by atoms with E-state index in [1.54, 1.807) is 12.1 Å². The van der Waals surface area contributed by atoms with E-state index in [1.807, 2.05) is 0 Å². The molecule has 0 atom stereocenters. The Morgan fingerprint density at radius 3 is 2.61 bits per heavy atom. The summed E-state index contributed by atoms with van der Waals surface area (Å²) in [6.45, 7) is 1.74. The van der Waals surface area contributed by atoms with Gasteiger partial charge in [-0.1, -0.05) is 23.2 Å². The molecule has 0 bridgehead atoms. The first kappa shape index (κ1) is 13.7. The summed E-state index contributed by atoms with van der Waals surface area (Å²) in [6.07, 6.45) is 1.68. The third-order valence-electron chi connectivity index (χ3n) is 3.19. The van der Waals surface area contributed by atoms with Gasteiger partial charge in [0.15, 0.2) is 5.78 Å². The molecular formula is C13H15Cl2NO2. The Labute approximate surface area is 116 Å². The molecule has 0 saturated carbocycles. The number of carbonyl (C=O) groups excluding carboxylic acids is 1. The van der Waals surface area contributed by atoms with Crippen LogP contribution in [0, 0.1) is 5.92 Å². The molecule has 1 fully saturated rings. The van der Waals surface area contributed by atoms with Gasteiger partial charge in [0.05, 0.1) is 17.7 Å². The van der Waals surface area contributed by atoms with Crippen LogP contribution in [-0.4, -0.2) is 26.0 Å². The number of ketones is 1. The number of rotatable bonds is 3. The van der Waals surface area contributed by atoms with E-state index >= 15 is 0 Å². The molecular weight excluding hydrogens is 273 g/mol. The van der Waals surface area contributed by atoms with Crippen molar-refractivity contribution in [3.8, 4) is 5.75 Å². The molecule has 98 valence electrons. The summed E-state index contributed by atoms with van der Waals surface area (Å²) < 4.78 is 5.22. The Kier molecular flexibility index (Phi) is 4.49. The highest BCUT2D eigenvalue weighted by Crippen LogP contribution is 2.34. The average molecular weight is 288 g/mol. The first-order valence-corrected chi connectivity index (χ1v) is 6.67. The highest BCUT2D eigenvalue weighted by atomic mass is 35.5. The smallest absolute Gasteiger partial charge is 0.169 e. The molecule has 0 aromatic heterocycles. The van der Waals surface area contributed by atoms with Crippen LogP contribution < -0.4 is 10.1 Å². The lowest BCUT2D eigenvalue weighted by molar-refractivity contribution is 0.0892. The number of halogens is 2. The fourth-order valence-corrected chi connectivity index (χ4v) is 2.83. The minimum Gasteiger partial charge on any atom is -0.494 e. The van der Waals surface area contributed by atoms with E-state index in [0.29, 0.717) is 21.4 Å². The zero-order valence-corrected chi connectivity index (χ0v) is 11.6. The topological polar surface area (TPSA) is 38.3 Å². The van der Waals surface area contributed by atoms with E-state index in [-0.39, 0.29) is 11.7 Å². The number of piperidine rings is 1. The van der Waals surface area contributed by atoms with Gasteiger partial charge in [0.2, 0.25) is 0 Å². The Hall–Kier alpha value is -0.770. The third-order valence-corrected chi connectivity index (χ3v) is 3.69. The molecule has 1 N–H and O–H groups in total. The van der Waals surface area contributed by atoms with E-state index in [2.05, 4.69) is 5.32 Å². The minimum absolute atomic E-state index is 0.0229. The molecule has 0 unspecified atom stereocenters. The monoisotopic (exact) mass is 287 g/mol. The summed E-state index contributed by atoms with van der Waals surface area (Å²) in [4.78, 5) is 12.5. The first-order chi connectivity index (χ1) is 8.63. The maximum absolute atomic E-state index is 12.5. The number of hydrogen-bond donors (Lipinski definition) is 1. The van der Waals surface area contributed by atoms with Gasteiger partial charge in [0, 0.05) is 10.9 Å². The summed E-state index contributed by atoms with van der Waals surface area (Å²) in [5.41, 5.74) is 0.488. The molecule has 0 spiro atoms. The van der Waals surface area contributed by atoms with E-state index in [1.165, 1.54) is 7.11 Å². The predicted octanol–water partition coefficient (Wildman–Crippen LogP) is 3.18. The van der Waals surface area contributed by atoms with Crippen LogP contribution in [-0.2, 0) is 0 Å². The Morgan fingerprint density at radius 1 is 1.33 bits per heavy atom. The third kappa shape index (κ3) is 2.79.